The van der Waals surface area contributed by atoms with E-state index in [4.69, 9.17) is 20.1 Å². The molecule has 1 fully saturated rings. The van der Waals surface area contributed by atoms with Crippen molar-refractivity contribution in [1.82, 2.24) is 10.2 Å². The summed E-state index contributed by atoms with van der Waals surface area (Å²) >= 11 is 0. The summed E-state index contributed by atoms with van der Waals surface area (Å²) in [7, 11) is -16.6. The molecule has 7 N–H and O–H groups in total. The number of carbonyl (C=O) groups excluding carboxylic acids is 1. The molecule has 21 heteroatoms. The van der Waals surface area contributed by atoms with E-state index in [1.54, 1.807) is 0 Å². The van der Waals surface area contributed by atoms with Crippen molar-refractivity contribution >= 4 is 29.5 Å². The molecule has 0 aromatic carbocycles. The second-order valence-corrected chi connectivity index (χ2v) is 10.3. The van der Waals surface area contributed by atoms with Gasteiger partial charge in [0.15, 0.2) is 6.23 Å². The molecule has 2 aliphatic rings. The molecular formula is C10H18N3O15P3-2. The van der Waals surface area contributed by atoms with Crippen molar-refractivity contribution in [1.29, 1.82) is 0 Å². The molecular weight excluding hydrogens is 495 g/mol. The van der Waals surface area contributed by atoms with Crippen molar-refractivity contribution < 1.29 is 70.9 Å². The summed E-state index contributed by atoms with van der Waals surface area (Å²) in [6, 6.07) is -2.46. The Morgan fingerprint density at radius 1 is 1.29 bits per heavy atom. The monoisotopic (exact) mass is 513 g/mol. The second kappa shape index (κ2) is 9.23. The Bertz CT molecular complexity index is 863. The highest BCUT2D eigenvalue weighted by Gasteiger charge is 2.57. The number of amides is 2. The van der Waals surface area contributed by atoms with Crippen LogP contribution in [0.2, 0.25) is 0 Å². The van der Waals surface area contributed by atoms with Gasteiger partial charge in [-0.05, 0) is 6.08 Å². The highest BCUT2D eigenvalue weighted by atomic mass is 31.3. The van der Waals surface area contributed by atoms with Gasteiger partial charge in [-0.3, -0.25) is 18.6 Å². The predicted octanol–water partition coefficient (Wildman–Crippen LogP) is -3.69. The van der Waals surface area contributed by atoms with Crippen molar-refractivity contribution in [2.45, 2.75) is 30.4 Å². The lowest BCUT2D eigenvalue weighted by Crippen LogP contribution is -2.54. The van der Waals surface area contributed by atoms with Crippen molar-refractivity contribution in [2.24, 2.45) is 5.73 Å². The fraction of sp³-hybridized carbons (Fsp3) is 0.700. The average molecular weight is 513 g/mol. The maximum atomic E-state index is 12.0. The number of nitrogens with two attached hydrogens (primary N) is 1. The summed E-state index contributed by atoms with van der Waals surface area (Å²) in [4.78, 5) is 52.4. The van der Waals surface area contributed by atoms with Gasteiger partial charge >= 0.3 is 13.9 Å². The molecule has 8 atom stereocenters. The summed E-state index contributed by atoms with van der Waals surface area (Å²) in [5, 5.41) is 21.8. The van der Waals surface area contributed by atoms with Crippen LogP contribution in [-0.2, 0) is 36.3 Å². The number of nitrogens with zero attached hydrogens (tertiary/aromatic N) is 1. The minimum Gasteiger partial charge on any atom is -0.756 e. The molecule has 0 aromatic rings. The maximum Gasteiger partial charge on any atom is 0.478 e. The molecule has 0 bridgehead atoms. The Morgan fingerprint density at radius 2 is 1.90 bits per heavy atom. The zero-order chi connectivity index (χ0) is 23.8. The third kappa shape index (κ3) is 6.61. The lowest BCUT2D eigenvalue weighted by Gasteiger charge is -2.34. The van der Waals surface area contributed by atoms with Crippen molar-refractivity contribution in [3.05, 3.63) is 12.3 Å². The van der Waals surface area contributed by atoms with Crippen molar-refractivity contribution in [2.75, 3.05) is 13.7 Å². The number of phosphoric ester groups is 1. The van der Waals surface area contributed by atoms with Crippen LogP contribution in [0.3, 0.4) is 0 Å². The number of urea groups is 1. The van der Waals surface area contributed by atoms with Crippen LogP contribution in [0.25, 0.3) is 0 Å². The first-order chi connectivity index (χ1) is 14.0. The first kappa shape index (κ1) is 26.5. The number of hydrogen-bond acceptors (Lipinski definition) is 14. The Balaban J connectivity index is 2.14. The average Bonchev–Trinajstić information content (AvgIpc) is 2.82. The molecule has 2 heterocycles. The quantitative estimate of drug-likeness (QED) is 0.162. The van der Waals surface area contributed by atoms with Gasteiger partial charge in [-0.25, -0.2) is 18.0 Å². The topological polar surface area (TPSA) is 283 Å². The fourth-order valence-corrected chi connectivity index (χ4v) is 5.48. The number of ether oxygens (including phenoxy) is 2. The first-order valence-corrected chi connectivity index (χ1v) is 12.3. The lowest BCUT2D eigenvalue weighted by molar-refractivity contribution is -0.248. The minimum atomic E-state index is -6.07. The first-order valence-electron chi connectivity index (χ1n) is 7.87. The molecule has 2 aliphatic heterocycles. The van der Waals surface area contributed by atoms with E-state index in [-0.39, 0.29) is 0 Å². The van der Waals surface area contributed by atoms with Crippen LogP contribution in [-0.4, -0.2) is 75.0 Å². The van der Waals surface area contributed by atoms with E-state index in [0.29, 0.717) is 0 Å². The van der Waals surface area contributed by atoms with Gasteiger partial charge in [0.2, 0.25) is 5.79 Å². The van der Waals surface area contributed by atoms with E-state index in [1.165, 1.54) is 0 Å². The smallest absolute Gasteiger partial charge is 0.478 e. The molecule has 2 rings (SSSR count). The Labute approximate surface area is 173 Å². The SMILES string of the molecule is CO[C@]1(COP(=O)(O)OP(=O)([O-])OP(=O)([O-])O)O[C@@H](N2C=CC(O)NC2=O)[C@H](O)[C@@H]1N. The van der Waals surface area contributed by atoms with Crippen LogP contribution in [0, 0.1) is 0 Å². The standard InChI is InChI=1S/C10H20N3O15P3/c1-24-10(4-25-30(20,21)28-31(22,23)27-29(17,18)19)7(11)6(15)8(26-10)13-3-2-5(14)12-9(13)16/h2-3,5-8,14-15H,4,11H2,1H3,(H,12,16)(H,20,21)(H,22,23)(H2,17,18,19)/p-2/t5?,6-,7+,8-,10-/m1/s1. The van der Waals surface area contributed by atoms with Crippen LogP contribution in [0.4, 0.5) is 4.79 Å². The number of aliphatic hydroxyl groups is 2. The molecule has 0 radical (unpaired) electrons. The molecule has 31 heavy (non-hydrogen) atoms. The highest BCUT2D eigenvalue weighted by molar-refractivity contribution is 7.65. The Morgan fingerprint density at radius 3 is 2.42 bits per heavy atom. The Kier molecular flexibility index (Phi) is 7.88. The van der Waals surface area contributed by atoms with Gasteiger partial charge in [-0.2, -0.15) is 0 Å². The number of hydrogen-bond donors (Lipinski definition) is 6. The number of methoxy groups -OCH3 is 1. The second-order valence-electron chi connectivity index (χ2n) is 6.00. The molecule has 4 unspecified atom stereocenters. The molecule has 180 valence electrons. The van der Waals surface area contributed by atoms with E-state index in [0.717, 1.165) is 24.3 Å². The van der Waals surface area contributed by atoms with Crippen LogP contribution < -0.4 is 20.8 Å². The lowest BCUT2D eigenvalue weighted by atomic mass is 10.1. The number of phosphoric acid groups is 3. The zero-order valence-electron chi connectivity index (χ0n) is 15.3. The summed E-state index contributed by atoms with van der Waals surface area (Å²) in [5.74, 6) is -2.24. The number of aliphatic hydroxyl groups excluding tert-OH is 2. The molecule has 2 amide bonds. The van der Waals surface area contributed by atoms with E-state index >= 15 is 0 Å². The molecule has 0 saturated carbocycles. The number of carbonyl (C=O) groups is 1. The van der Waals surface area contributed by atoms with Crippen LogP contribution in [0.1, 0.15) is 0 Å². The summed E-state index contributed by atoms with van der Waals surface area (Å²) in [5.41, 5.74) is 5.80. The highest BCUT2D eigenvalue weighted by Crippen LogP contribution is 2.63. The number of nitrogens with one attached hydrogen (secondary N) is 1. The molecule has 18 nitrogen and oxygen atoms in total. The number of rotatable bonds is 9. The summed E-state index contributed by atoms with van der Waals surface area (Å²) < 4.78 is 55.1. The van der Waals surface area contributed by atoms with E-state index in [9.17, 15) is 43.4 Å². The predicted molar refractivity (Wildman–Crippen MR) is 89.5 cm³/mol. The molecule has 0 spiro atoms. The normalized spacial score (nSPS) is 37.0. The Hall–Kier alpha value is -0.780. The van der Waals surface area contributed by atoms with Gasteiger partial charge in [-0.1, -0.05) is 0 Å². The van der Waals surface area contributed by atoms with Gasteiger partial charge in [-0.15, -0.1) is 0 Å². The van der Waals surface area contributed by atoms with Crippen molar-refractivity contribution in [3.8, 4) is 0 Å². The molecule has 1 saturated heterocycles. The van der Waals surface area contributed by atoms with Gasteiger partial charge in [0.05, 0.1) is 6.04 Å². The van der Waals surface area contributed by atoms with Gasteiger partial charge < -0.3 is 50.3 Å². The van der Waals surface area contributed by atoms with E-state index in [2.05, 4.69) is 18.5 Å². The maximum absolute atomic E-state index is 12.0. The van der Waals surface area contributed by atoms with Crippen LogP contribution in [0.15, 0.2) is 12.3 Å². The molecule has 0 aromatic heterocycles. The van der Waals surface area contributed by atoms with E-state index < -0.39 is 66.5 Å². The third-order valence-electron chi connectivity index (χ3n) is 3.88. The van der Waals surface area contributed by atoms with Gasteiger partial charge in [0.1, 0.15) is 18.9 Å². The fourth-order valence-electron chi connectivity index (χ4n) is 2.54. The van der Waals surface area contributed by atoms with Gasteiger partial charge in [0, 0.05) is 13.3 Å². The van der Waals surface area contributed by atoms with Gasteiger partial charge in [0.25, 0.3) is 15.6 Å². The summed E-state index contributed by atoms with van der Waals surface area (Å²) in [6.07, 6.45) is -2.36. The van der Waals surface area contributed by atoms with E-state index in [1.807, 2.05) is 0 Å². The minimum absolute atomic E-state index is 0.778. The molecule has 0 aliphatic carbocycles. The largest absolute Gasteiger partial charge is 0.756 e. The zero-order valence-corrected chi connectivity index (χ0v) is 18.0. The van der Waals surface area contributed by atoms with Crippen molar-refractivity contribution in [3.63, 3.8) is 0 Å². The van der Waals surface area contributed by atoms with Crippen LogP contribution >= 0.6 is 23.5 Å². The summed E-state index contributed by atoms with van der Waals surface area (Å²) in [6.45, 7) is -1.18. The third-order valence-corrected chi connectivity index (χ3v) is 7.58. The van der Waals surface area contributed by atoms with Crippen LogP contribution in [0.5, 0.6) is 0 Å².